The predicted octanol–water partition coefficient (Wildman–Crippen LogP) is 2.97. The third-order valence-electron chi connectivity index (χ3n) is 9.21. The molecule has 2 aliphatic carbocycles. The minimum Gasteiger partial charge on any atom is -0.370 e. The molecule has 4 unspecified atom stereocenters. The smallest absolute Gasteiger partial charge is 0.150 e. The van der Waals surface area contributed by atoms with Gasteiger partial charge in [-0.2, -0.15) is 10.2 Å². The van der Waals surface area contributed by atoms with Gasteiger partial charge in [0.25, 0.3) is 0 Å². The molecule has 5 atom stereocenters. The molecule has 0 aromatic carbocycles. The SMILES string of the molecule is Cc1cnnc(C)c1[C@H](C)OC1CCC2NNC(c3ccc(N4CC5(CC(S(C)(=O)=O)C5)C4)nc3)C2C1. The molecule has 2 aromatic rings. The summed E-state index contributed by atoms with van der Waals surface area (Å²) in [6.45, 7) is 8.01. The molecule has 2 N–H and O–H groups in total. The Morgan fingerprint density at radius 1 is 1.14 bits per heavy atom. The normalized spacial score (nSPS) is 30.0. The van der Waals surface area contributed by atoms with E-state index in [0.29, 0.717) is 12.0 Å². The number of hydrogen-bond acceptors (Lipinski definition) is 9. The second-order valence-corrected chi connectivity index (χ2v) is 14.3. The van der Waals surface area contributed by atoms with Gasteiger partial charge in [-0.05, 0) is 76.0 Å². The number of anilines is 1. The van der Waals surface area contributed by atoms with E-state index in [1.165, 1.54) is 11.8 Å². The Morgan fingerprint density at radius 2 is 1.92 bits per heavy atom. The Balaban J connectivity index is 1.07. The van der Waals surface area contributed by atoms with Crippen molar-refractivity contribution < 1.29 is 13.2 Å². The number of nitrogens with zero attached hydrogens (tertiary/aromatic N) is 4. The average Bonchev–Trinajstić information content (AvgIpc) is 3.20. The van der Waals surface area contributed by atoms with Crippen LogP contribution in [0.15, 0.2) is 24.5 Å². The Kier molecular flexibility index (Phi) is 6.29. The lowest BCUT2D eigenvalue weighted by molar-refractivity contribution is -0.0377. The molecule has 4 fully saturated rings. The summed E-state index contributed by atoms with van der Waals surface area (Å²) < 4.78 is 30.1. The third kappa shape index (κ3) is 4.66. The highest BCUT2D eigenvalue weighted by Crippen LogP contribution is 2.51. The number of ether oxygens (including phenoxy) is 1. The van der Waals surface area contributed by atoms with Crippen molar-refractivity contribution in [3.8, 4) is 0 Å². The third-order valence-corrected chi connectivity index (χ3v) is 10.8. The quantitative estimate of drug-likeness (QED) is 0.587. The van der Waals surface area contributed by atoms with E-state index < -0.39 is 9.84 Å². The maximum Gasteiger partial charge on any atom is 0.150 e. The lowest BCUT2D eigenvalue weighted by Crippen LogP contribution is -2.65. The first-order valence-corrected chi connectivity index (χ1v) is 15.4. The van der Waals surface area contributed by atoms with Crippen LogP contribution >= 0.6 is 0 Å². The van der Waals surface area contributed by atoms with E-state index in [-0.39, 0.29) is 28.9 Å². The fraction of sp³-hybridized carbons (Fsp3) is 0.667. The molecule has 37 heavy (non-hydrogen) atoms. The van der Waals surface area contributed by atoms with Crippen molar-refractivity contribution in [2.75, 3.05) is 24.2 Å². The highest BCUT2D eigenvalue weighted by atomic mass is 32.2. The van der Waals surface area contributed by atoms with Crippen molar-refractivity contribution in [1.29, 1.82) is 0 Å². The Bertz CT molecular complexity index is 1240. The Morgan fingerprint density at radius 3 is 2.59 bits per heavy atom. The van der Waals surface area contributed by atoms with Gasteiger partial charge in [-0.15, -0.1) is 0 Å². The Labute approximate surface area is 219 Å². The number of hydrazine groups is 1. The molecule has 9 nitrogen and oxygen atoms in total. The highest BCUT2D eigenvalue weighted by molar-refractivity contribution is 7.91. The van der Waals surface area contributed by atoms with Gasteiger partial charge in [0.15, 0.2) is 0 Å². The van der Waals surface area contributed by atoms with Gasteiger partial charge in [-0.1, -0.05) is 6.07 Å². The first-order valence-electron chi connectivity index (χ1n) is 13.5. The van der Waals surface area contributed by atoms with Gasteiger partial charge >= 0.3 is 0 Å². The summed E-state index contributed by atoms with van der Waals surface area (Å²) in [4.78, 5) is 7.07. The second-order valence-electron chi connectivity index (χ2n) is 11.9. The molecule has 1 spiro atoms. The number of fused-ring (bicyclic) bond motifs is 1. The summed E-state index contributed by atoms with van der Waals surface area (Å²) in [6.07, 6.45) is 10.1. The van der Waals surface area contributed by atoms with Crippen LogP contribution in [0.25, 0.3) is 0 Å². The second kappa shape index (κ2) is 9.25. The van der Waals surface area contributed by atoms with Crippen LogP contribution in [0.2, 0.25) is 0 Å². The van der Waals surface area contributed by atoms with E-state index in [1.54, 1.807) is 0 Å². The lowest BCUT2D eigenvalue weighted by atomic mass is 9.63. The first-order chi connectivity index (χ1) is 17.6. The molecule has 200 valence electrons. The number of aromatic nitrogens is 3. The van der Waals surface area contributed by atoms with Crippen molar-refractivity contribution in [2.45, 2.75) is 82.4 Å². The van der Waals surface area contributed by atoms with Crippen LogP contribution in [-0.2, 0) is 14.6 Å². The van der Waals surface area contributed by atoms with Crippen LogP contribution in [0.3, 0.4) is 0 Å². The monoisotopic (exact) mass is 526 g/mol. The average molecular weight is 527 g/mol. The van der Waals surface area contributed by atoms with Crippen LogP contribution in [0.4, 0.5) is 5.82 Å². The van der Waals surface area contributed by atoms with E-state index in [2.05, 4.69) is 51.9 Å². The van der Waals surface area contributed by atoms with Crippen LogP contribution in [-0.4, -0.2) is 60.3 Å². The highest BCUT2D eigenvalue weighted by Gasteiger charge is 2.55. The molecule has 2 aromatic heterocycles. The number of nitrogens with one attached hydrogen (secondary N) is 2. The summed E-state index contributed by atoms with van der Waals surface area (Å²) in [7, 11) is -2.91. The van der Waals surface area contributed by atoms with Crippen LogP contribution < -0.4 is 15.8 Å². The molecule has 0 bridgehead atoms. The van der Waals surface area contributed by atoms with E-state index in [4.69, 9.17) is 9.72 Å². The minimum atomic E-state index is -2.91. The van der Waals surface area contributed by atoms with E-state index in [1.807, 2.05) is 19.3 Å². The van der Waals surface area contributed by atoms with Gasteiger partial charge in [0, 0.05) is 42.6 Å². The predicted molar refractivity (Wildman–Crippen MR) is 142 cm³/mol. The zero-order valence-electron chi connectivity index (χ0n) is 22.1. The van der Waals surface area contributed by atoms with E-state index in [0.717, 1.165) is 67.8 Å². The zero-order valence-corrected chi connectivity index (χ0v) is 23.0. The number of sulfone groups is 1. The molecule has 4 heterocycles. The molecular weight excluding hydrogens is 488 g/mol. The largest absolute Gasteiger partial charge is 0.370 e. The fourth-order valence-corrected chi connectivity index (χ4v) is 8.53. The van der Waals surface area contributed by atoms with Crippen LogP contribution in [0.5, 0.6) is 0 Å². The number of pyridine rings is 1. The molecule has 10 heteroatoms. The summed E-state index contributed by atoms with van der Waals surface area (Å²) >= 11 is 0. The zero-order chi connectivity index (χ0) is 25.9. The lowest BCUT2D eigenvalue weighted by Gasteiger charge is -2.58. The van der Waals surface area contributed by atoms with E-state index >= 15 is 0 Å². The first kappa shape index (κ1) is 25.2. The standard InChI is InChI=1S/C27H38N6O3S/c1-16-12-29-30-17(2)25(16)18(3)36-20-6-7-23-22(9-20)26(32-31-23)19-5-8-24(28-13-19)33-14-27(15-33)10-21(11-27)37(4,34)35/h5,8,12-13,18,20-23,26,31-32H,6-7,9-11,14-15H2,1-4H3/t18-,20?,22?,23?,26?/m0/s1. The van der Waals surface area contributed by atoms with Gasteiger partial charge in [0.05, 0.1) is 35.4 Å². The van der Waals surface area contributed by atoms with Gasteiger partial charge < -0.3 is 9.64 Å². The van der Waals surface area contributed by atoms with Crippen molar-refractivity contribution >= 4 is 15.7 Å². The molecule has 2 saturated heterocycles. The van der Waals surface area contributed by atoms with Gasteiger partial charge in [0.2, 0.25) is 0 Å². The van der Waals surface area contributed by atoms with Gasteiger partial charge in [0.1, 0.15) is 15.7 Å². The van der Waals surface area contributed by atoms with Crippen molar-refractivity contribution in [3.63, 3.8) is 0 Å². The molecule has 2 aliphatic heterocycles. The maximum absolute atomic E-state index is 11.8. The topological polar surface area (TPSA) is 109 Å². The van der Waals surface area contributed by atoms with Crippen LogP contribution in [0, 0.1) is 25.2 Å². The molecular formula is C27H38N6O3S. The van der Waals surface area contributed by atoms with Gasteiger partial charge in [-0.25, -0.2) is 18.8 Å². The number of hydrogen-bond donors (Lipinski definition) is 2. The number of rotatable bonds is 6. The number of aryl methyl sites for hydroxylation is 2. The van der Waals surface area contributed by atoms with Crippen molar-refractivity contribution in [3.05, 3.63) is 46.9 Å². The molecule has 0 amide bonds. The molecule has 6 rings (SSSR count). The van der Waals surface area contributed by atoms with E-state index in [9.17, 15) is 8.42 Å². The molecule has 4 aliphatic rings. The van der Waals surface area contributed by atoms with Gasteiger partial charge in [-0.3, -0.25) is 5.43 Å². The maximum atomic E-state index is 11.8. The summed E-state index contributed by atoms with van der Waals surface area (Å²) in [5.74, 6) is 1.42. The molecule has 0 radical (unpaired) electrons. The Hall–Kier alpha value is -2.14. The summed E-state index contributed by atoms with van der Waals surface area (Å²) in [5.41, 5.74) is 11.6. The minimum absolute atomic E-state index is 0.0121. The van der Waals surface area contributed by atoms with Crippen molar-refractivity contribution in [1.82, 2.24) is 26.0 Å². The fourth-order valence-electron chi connectivity index (χ4n) is 7.21. The summed E-state index contributed by atoms with van der Waals surface area (Å²) in [6, 6.07) is 4.94. The summed E-state index contributed by atoms with van der Waals surface area (Å²) in [5, 5.41) is 8.14. The van der Waals surface area contributed by atoms with Crippen LogP contribution in [0.1, 0.15) is 73.6 Å². The molecule has 2 saturated carbocycles. The van der Waals surface area contributed by atoms with Crippen molar-refractivity contribution in [2.24, 2.45) is 11.3 Å².